The molecule has 0 amide bonds. The minimum atomic E-state index is -0.964. The first-order valence-electron chi connectivity index (χ1n) is 5.80. The van der Waals surface area contributed by atoms with E-state index in [1.165, 1.54) is 11.3 Å². The highest BCUT2D eigenvalue weighted by Gasteiger charge is 2.00. The van der Waals surface area contributed by atoms with Gasteiger partial charge in [-0.25, -0.2) is 4.79 Å². The van der Waals surface area contributed by atoms with E-state index in [0.717, 1.165) is 15.8 Å². The van der Waals surface area contributed by atoms with Gasteiger partial charge >= 0.3 is 5.97 Å². The van der Waals surface area contributed by atoms with Crippen LogP contribution >= 0.6 is 11.3 Å². The fourth-order valence-electron chi connectivity index (χ4n) is 1.50. The van der Waals surface area contributed by atoms with Gasteiger partial charge in [0.05, 0.1) is 11.6 Å². The fraction of sp³-hybridized carbons (Fsp3) is 0.0667. The summed E-state index contributed by atoms with van der Waals surface area (Å²) in [7, 11) is 0. The number of benzene rings is 1. The molecule has 0 fully saturated rings. The fourth-order valence-corrected chi connectivity index (χ4v) is 2.32. The molecule has 2 rings (SSSR count). The van der Waals surface area contributed by atoms with Crippen molar-refractivity contribution in [2.45, 2.75) is 6.61 Å². The van der Waals surface area contributed by atoms with Crippen LogP contribution in [0.15, 0.2) is 42.5 Å². The summed E-state index contributed by atoms with van der Waals surface area (Å²) >= 11 is 1.47. The van der Waals surface area contributed by atoms with Gasteiger partial charge < -0.3 is 9.84 Å². The Morgan fingerprint density at radius 3 is 2.70 bits per heavy atom. The van der Waals surface area contributed by atoms with E-state index in [1.807, 2.05) is 18.2 Å². The van der Waals surface area contributed by atoms with Crippen LogP contribution in [0.2, 0.25) is 0 Å². The van der Waals surface area contributed by atoms with Crippen molar-refractivity contribution in [3.63, 3.8) is 0 Å². The molecule has 0 radical (unpaired) electrons. The van der Waals surface area contributed by atoms with Gasteiger partial charge in [0.2, 0.25) is 0 Å². The van der Waals surface area contributed by atoms with Gasteiger partial charge in [0, 0.05) is 15.8 Å². The Bertz CT molecular complexity index is 665. The quantitative estimate of drug-likeness (QED) is 0.856. The van der Waals surface area contributed by atoms with E-state index in [4.69, 9.17) is 15.1 Å². The third-order valence-corrected chi connectivity index (χ3v) is 3.46. The van der Waals surface area contributed by atoms with E-state index >= 15 is 0 Å². The minimum absolute atomic E-state index is 0.414. The summed E-state index contributed by atoms with van der Waals surface area (Å²) < 4.78 is 5.59. The Labute approximate surface area is 120 Å². The Kier molecular flexibility index (Phi) is 4.53. The smallest absolute Gasteiger partial charge is 0.328 e. The Hall–Kier alpha value is -2.58. The predicted octanol–water partition coefficient (Wildman–Crippen LogP) is 3.30. The zero-order valence-corrected chi connectivity index (χ0v) is 11.3. The molecule has 4 nitrogen and oxygen atoms in total. The van der Waals surface area contributed by atoms with E-state index in [-0.39, 0.29) is 0 Å². The number of nitriles is 1. The van der Waals surface area contributed by atoms with Crippen molar-refractivity contribution in [2.24, 2.45) is 0 Å². The van der Waals surface area contributed by atoms with E-state index < -0.39 is 5.97 Å². The molecule has 1 aromatic heterocycles. The van der Waals surface area contributed by atoms with Gasteiger partial charge in [0.15, 0.2) is 0 Å². The minimum Gasteiger partial charge on any atom is -0.488 e. The topological polar surface area (TPSA) is 70.3 Å². The van der Waals surface area contributed by atoms with Gasteiger partial charge in [-0.1, -0.05) is 0 Å². The molecule has 0 atom stereocenters. The summed E-state index contributed by atoms with van der Waals surface area (Å²) in [5.41, 5.74) is 0.592. The summed E-state index contributed by atoms with van der Waals surface area (Å²) in [6.45, 7) is 0.414. The maximum absolute atomic E-state index is 10.4. The van der Waals surface area contributed by atoms with Crippen molar-refractivity contribution in [3.05, 3.63) is 57.8 Å². The maximum atomic E-state index is 10.4. The molecule has 1 N–H and O–H groups in total. The number of carboxylic acid groups (broad SMARTS) is 1. The van der Waals surface area contributed by atoms with Crippen LogP contribution in [0.3, 0.4) is 0 Å². The maximum Gasteiger partial charge on any atom is 0.328 e. The average molecular weight is 285 g/mol. The highest BCUT2D eigenvalue weighted by Crippen LogP contribution is 2.20. The number of ether oxygens (including phenoxy) is 1. The molecule has 1 heterocycles. The molecular weight excluding hydrogens is 274 g/mol. The van der Waals surface area contributed by atoms with Crippen molar-refractivity contribution in [1.29, 1.82) is 5.26 Å². The van der Waals surface area contributed by atoms with E-state index in [0.29, 0.717) is 17.9 Å². The highest BCUT2D eigenvalue weighted by molar-refractivity contribution is 7.12. The van der Waals surface area contributed by atoms with Gasteiger partial charge in [-0.15, -0.1) is 11.3 Å². The summed E-state index contributed by atoms with van der Waals surface area (Å²) in [6, 6.07) is 12.7. The van der Waals surface area contributed by atoms with Gasteiger partial charge in [0.1, 0.15) is 12.4 Å². The SMILES string of the molecule is N#Cc1ccc(OCc2ccc(C=CC(=O)O)s2)cc1. The molecular formula is C15H11NO3S. The first-order valence-corrected chi connectivity index (χ1v) is 6.62. The van der Waals surface area contributed by atoms with Crippen LogP contribution in [0.4, 0.5) is 0 Å². The van der Waals surface area contributed by atoms with Gasteiger partial charge in [-0.3, -0.25) is 0 Å². The van der Waals surface area contributed by atoms with Crippen LogP contribution in [-0.4, -0.2) is 11.1 Å². The molecule has 0 saturated heterocycles. The van der Waals surface area contributed by atoms with Crippen molar-refractivity contribution >= 4 is 23.4 Å². The zero-order chi connectivity index (χ0) is 14.4. The second-order valence-corrected chi connectivity index (χ2v) is 5.10. The third kappa shape index (κ3) is 3.97. The third-order valence-electron chi connectivity index (χ3n) is 2.44. The van der Waals surface area contributed by atoms with Crippen molar-refractivity contribution < 1.29 is 14.6 Å². The number of hydrogen-bond acceptors (Lipinski definition) is 4. The molecule has 2 aromatic rings. The van der Waals surface area contributed by atoms with Crippen LogP contribution in [0.1, 0.15) is 15.3 Å². The summed E-state index contributed by atoms with van der Waals surface area (Å²) in [5.74, 6) is -0.270. The van der Waals surface area contributed by atoms with Gasteiger partial charge in [-0.2, -0.15) is 5.26 Å². The molecule has 20 heavy (non-hydrogen) atoms. The Balaban J connectivity index is 1.94. The van der Waals surface area contributed by atoms with Crippen LogP contribution in [0.25, 0.3) is 6.08 Å². The lowest BCUT2D eigenvalue weighted by atomic mass is 10.2. The summed E-state index contributed by atoms with van der Waals surface area (Å²) in [6.07, 6.45) is 2.66. The van der Waals surface area contributed by atoms with Crippen molar-refractivity contribution in [3.8, 4) is 11.8 Å². The second-order valence-electron chi connectivity index (χ2n) is 3.90. The Morgan fingerprint density at radius 2 is 2.05 bits per heavy atom. The molecule has 5 heteroatoms. The standard InChI is InChI=1S/C15H11NO3S/c16-9-11-1-3-12(4-2-11)19-10-14-6-5-13(20-14)7-8-15(17)18/h1-8H,10H2,(H,17,18). The van der Waals surface area contributed by atoms with Gasteiger partial charge in [0.25, 0.3) is 0 Å². The second kappa shape index (κ2) is 6.55. The molecule has 1 aromatic carbocycles. The normalized spacial score (nSPS) is 10.3. The number of rotatable bonds is 5. The lowest BCUT2D eigenvalue weighted by Gasteiger charge is -2.03. The Morgan fingerprint density at radius 1 is 1.30 bits per heavy atom. The lowest BCUT2D eigenvalue weighted by molar-refractivity contribution is -0.131. The lowest BCUT2D eigenvalue weighted by Crippen LogP contribution is -1.92. The van der Waals surface area contributed by atoms with Crippen molar-refractivity contribution in [2.75, 3.05) is 0 Å². The molecule has 0 saturated carbocycles. The predicted molar refractivity (Wildman–Crippen MR) is 76.5 cm³/mol. The molecule has 0 spiro atoms. The largest absolute Gasteiger partial charge is 0.488 e. The van der Waals surface area contributed by atoms with Crippen LogP contribution in [-0.2, 0) is 11.4 Å². The number of carbonyl (C=O) groups is 1. The van der Waals surface area contributed by atoms with Crippen LogP contribution in [0.5, 0.6) is 5.75 Å². The monoisotopic (exact) mass is 285 g/mol. The number of carboxylic acids is 1. The zero-order valence-electron chi connectivity index (χ0n) is 10.4. The summed E-state index contributed by atoms with van der Waals surface area (Å²) in [4.78, 5) is 12.3. The highest BCUT2D eigenvalue weighted by atomic mass is 32.1. The molecule has 0 aliphatic heterocycles. The van der Waals surface area contributed by atoms with E-state index in [1.54, 1.807) is 30.3 Å². The molecule has 100 valence electrons. The van der Waals surface area contributed by atoms with E-state index in [9.17, 15) is 4.79 Å². The van der Waals surface area contributed by atoms with Crippen LogP contribution in [0, 0.1) is 11.3 Å². The first kappa shape index (κ1) is 13.8. The van der Waals surface area contributed by atoms with E-state index in [2.05, 4.69) is 0 Å². The van der Waals surface area contributed by atoms with Crippen LogP contribution < -0.4 is 4.74 Å². The molecule has 0 aliphatic rings. The number of thiophene rings is 1. The van der Waals surface area contributed by atoms with Gasteiger partial charge in [-0.05, 0) is 42.5 Å². The first-order chi connectivity index (χ1) is 9.67. The molecule has 0 bridgehead atoms. The van der Waals surface area contributed by atoms with Crippen molar-refractivity contribution in [1.82, 2.24) is 0 Å². The average Bonchev–Trinajstić information content (AvgIpc) is 2.91. The molecule has 0 aliphatic carbocycles. The number of nitrogens with zero attached hydrogens (tertiary/aromatic N) is 1. The number of hydrogen-bond donors (Lipinski definition) is 1. The molecule has 0 unspecified atom stereocenters. The number of aliphatic carboxylic acids is 1. The summed E-state index contributed by atoms with van der Waals surface area (Å²) in [5, 5.41) is 17.2.